The lowest BCUT2D eigenvalue weighted by Gasteiger charge is -2.11. The van der Waals surface area contributed by atoms with Crippen molar-refractivity contribution in [3.05, 3.63) is 90.1 Å². The fourth-order valence-corrected chi connectivity index (χ4v) is 3.43. The van der Waals surface area contributed by atoms with Gasteiger partial charge in [-0.25, -0.2) is 0 Å². The third-order valence-electron chi connectivity index (χ3n) is 5.07. The fraction of sp³-hybridized carbons (Fsp3) is 0.115. The van der Waals surface area contributed by atoms with E-state index < -0.39 is 0 Å². The van der Waals surface area contributed by atoms with Crippen LogP contribution in [-0.2, 0) is 6.61 Å². The van der Waals surface area contributed by atoms with E-state index in [1.807, 2.05) is 55.5 Å². The number of ether oxygens (including phenoxy) is 2. The van der Waals surface area contributed by atoms with Crippen molar-refractivity contribution in [2.75, 3.05) is 7.11 Å². The molecule has 0 fully saturated rings. The summed E-state index contributed by atoms with van der Waals surface area (Å²) in [5, 5.41) is 14.8. The molecular weight excluding hydrogens is 390 g/mol. The quantitative estimate of drug-likeness (QED) is 0.388. The molecule has 0 amide bonds. The Bertz CT molecular complexity index is 1210. The summed E-state index contributed by atoms with van der Waals surface area (Å²) in [6.45, 7) is 6.01. The molecular formula is C26H23NO4. The minimum atomic E-state index is 0.0480. The molecule has 0 unspecified atom stereocenters. The van der Waals surface area contributed by atoms with Crippen LogP contribution >= 0.6 is 0 Å². The lowest BCUT2D eigenvalue weighted by atomic mass is 9.98. The van der Waals surface area contributed by atoms with Crippen LogP contribution in [0.3, 0.4) is 0 Å². The Balaban J connectivity index is 1.61. The molecule has 0 aliphatic carbocycles. The highest BCUT2D eigenvalue weighted by molar-refractivity contribution is 5.86. The molecule has 0 saturated carbocycles. The number of hydrogen-bond acceptors (Lipinski definition) is 5. The fourth-order valence-electron chi connectivity index (χ4n) is 3.43. The summed E-state index contributed by atoms with van der Waals surface area (Å²) in [4.78, 5) is 0. The molecule has 4 rings (SSSR count). The van der Waals surface area contributed by atoms with Gasteiger partial charge in [-0.3, -0.25) is 0 Å². The van der Waals surface area contributed by atoms with Crippen molar-refractivity contribution < 1.29 is 19.1 Å². The van der Waals surface area contributed by atoms with Gasteiger partial charge in [0, 0.05) is 11.6 Å². The number of phenols is 1. The molecule has 0 atom stereocenters. The van der Waals surface area contributed by atoms with E-state index in [1.54, 1.807) is 31.4 Å². The first-order valence-electron chi connectivity index (χ1n) is 9.88. The normalized spacial score (nSPS) is 10.6. The molecule has 156 valence electrons. The van der Waals surface area contributed by atoms with Crippen LogP contribution in [-0.4, -0.2) is 17.4 Å². The largest absolute Gasteiger partial charge is 0.507 e. The number of aromatic nitrogens is 1. The molecule has 5 heteroatoms. The topological polar surface area (TPSA) is 64.7 Å². The minimum Gasteiger partial charge on any atom is -0.507 e. The van der Waals surface area contributed by atoms with Gasteiger partial charge in [-0.2, -0.15) is 0 Å². The maximum Gasteiger partial charge on any atom is 0.178 e. The molecule has 0 aliphatic rings. The van der Waals surface area contributed by atoms with Gasteiger partial charge in [0.25, 0.3) is 0 Å². The maximum atomic E-state index is 10.7. The summed E-state index contributed by atoms with van der Waals surface area (Å²) in [5.74, 6) is 1.79. The van der Waals surface area contributed by atoms with Crippen molar-refractivity contribution in [1.82, 2.24) is 5.16 Å². The van der Waals surface area contributed by atoms with Gasteiger partial charge in [0.15, 0.2) is 5.76 Å². The Morgan fingerprint density at radius 1 is 1.03 bits per heavy atom. The van der Waals surface area contributed by atoms with Crippen LogP contribution in [0.15, 0.2) is 77.8 Å². The number of benzene rings is 3. The van der Waals surface area contributed by atoms with Gasteiger partial charge in [0.2, 0.25) is 0 Å². The molecule has 0 aliphatic heterocycles. The standard InChI is InChI=1S/C26H23NO4/c1-4-18-9-11-19(12-10-18)16-30-20-13-14-21(23(28)15-20)26-25(17(2)27-31-26)22-7-5-6-8-24(22)29-3/h4-15,28H,1,16H2,2-3H3. The zero-order valence-electron chi connectivity index (χ0n) is 17.5. The summed E-state index contributed by atoms with van der Waals surface area (Å²) < 4.78 is 16.9. The second-order valence-electron chi connectivity index (χ2n) is 7.09. The highest BCUT2D eigenvalue weighted by atomic mass is 16.5. The van der Waals surface area contributed by atoms with Crippen LogP contribution in [0.5, 0.6) is 17.2 Å². The van der Waals surface area contributed by atoms with Crippen molar-refractivity contribution in [3.8, 4) is 39.7 Å². The highest BCUT2D eigenvalue weighted by Crippen LogP contribution is 2.42. The third-order valence-corrected chi connectivity index (χ3v) is 5.07. The molecule has 31 heavy (non-hydrogen) atoms. The van der Waals surface area contributed by atoms with E-state index in [9.17, 15) is 5.11 Å². The molecule has 0 bridgehead atoms. The summed E-state index contributed by atoms with van der Waals surface area (Å²) in [6.07, 6.45) is 1.80. The molecule has 0 spiro atoms. The predicted octanol–water partition coefficient (Wildman–Crippen LogP) is 6.25. The van der Waals surface area contributed by atoms with Gasteiger partial charge in [0.05, 0.1) is 23.9 Å². The molecule has 5 nitrogen and oxygen atoms in total. The number of aryl methyl sites for hydroxylation is 1. The van der Waals surface area contributed by atoms with Gasteiger partial charge < -0.3 is 19.1 Å². The van der Waals surface area contributed by atoms with Gasteiger partial charge >= 0.3 is 0 Å². The molecule has 1 aromatic heterocycles. The predicted molar refractivity (Wildman–Crippen MR) is 121 cm³/mol. The lowest BCUT2D eigenvalue weighted by Crippen LogP contribution is -1.95. The minimum absolute atomic E-state index is 0.0480. The zero-order chi connectivity index (χ0) is 21.8. The smallest absolute Gasteiger partial charge is 0.178 e. The third kappa shape index (κ3) is 4.16. The number of para-hydroxylation sites is 1. The average molecular weight is 413 g/mol. The highest BCUT2D eigenvalue weighted by Gasteiger charge is 2.22. The first-order valence-corrected chi connectivity index (χ1v) is 9.88. The van der Waals surface area contributed by atoms with Crippen molar-refractivity contribution in [3.63, 3.8) is 0 Å². The first-order chi connectivity index (χ1) is 15.1. The van der Waals surface area contributed by atoms with Crippen molar-refractivity contribution in [1.29, 1.82) is 0 Å². The number of nitrogens with zero attached hydrogens (tertiary/aromatic N) is 1. The average Bonchev–Trinajstić information content (AvgIpc) is 3.18. The van der Waals surface area contributed by atoms with E-state index in [-0.39, 0.29) is 5.75 Å². The van der Waals surface area contributed by atoms with E-state index in [0.29, 0.717) is 35.1 Å². The monoisotopic (exact) mass is 413 g/mol. The molecule has 3 aromatic carbocycles. The Morgan fingerprint density at radius 3 is 2.52 bits per heavy atom. The second kappa shape index (κ2) is 8.79. The SMILES string of the molecule is C=Cc1ccc(COc2ccc(-c3onc(C)c3-c3ccccc3OC)c(O)c2)cc1. The van der Waals surface area contributed by atoms with Gasteiger partial charge in [0.1, 0.15) is 23.9 Å². The number of hydrogen-bond donors (Lipinski definition) is 1. The van der Waals surface area contributed by atoms with Crippen molar-refractivity contribution in [2.24, 2.45) is 0 Å². The van der Waals surface area contributed by atoms with Crippen molar-refractivity contribution >= 4 is 6.08 Å². The Kier molecular flexibility index (Phi) is 5.76. The van der Waals surface area contributed by atoms with Gasteiger partial charge in [-0.1, -0.05) is 60.3 Å². The van der Waals surface area contributed by atoms with Crippen LogP contribution in [0.2, 0.25) is 0 Å². The number of rotatable bonds is 7. The van der Waals surface area contributed by atoms with E-state index in [2.05, 4.69) is 11.7 Å². The maximum absolute atomic E-state index is 10.7. The van der Waals surface area contributed by atoms with E-state index >= 15 is 0 Å². The van der Waals surface area contributed by atoms with Crippen molar-refractivity contribution in [2.45, 2.75) is 13.5 Å². The van der Waals surface area contributed by atoms with Crippen LogP contribution in [0, 0.1) is 6.92 Å². The Labute approximate surface area is 181 Å². The molecule has 0 saturated heterocycles. The van der Waals surface area contributed by atoms with Gasteiger partial charge in [-0.05, 0) is 36.2 Å². The van der Waals surface area contributed by atoms with Crippen LogP contribution in [0.4, 0.5) is 0 Å². The van der Waals surface area contributed by atoms with Crippen LogP contribution < -0.4 is 9.47 Å². The van der Waals surface area contributed by atoms with Crippen LogP contribution in [0.1, 0.15) is 16.8 Å². The number of phenolic OH excluding ortho intramolecular Hbond substituents is 1. The Morgan fingerprint density at radius 2 is 1.81 bits per heavy atom. The Hall–Kier alpha value is -3.99. The summed E-state index contributed by atoms with van der Waals surface area (Å²) in [6, 6.07) is 20.7. The molecule has 4 aromatic rings. The first kappa shape index (κ1) is 20.3. The summed E-state index contributed by atoms with van der Waals surface area (Å²) in [5.41, 5.74) is 4.95. The summed E-state index contributed by atoms with van der Waals surface area (Å²) in [7, 11) is 1.62. The lowest BCUT2D eigenvalue weighted by molar-refractivity contribution is 0.304. The second-order valence-corrected chi connectivity index (χ2v) is 7.09. The molecule has 0 radical (unpaired) electrons. The molecule has 1 heterocycles. The number of aromatic hydroxyl groups is 1. The van der Waals surface area contributed by atoms with E-state index in [0.717, 1.165) is 22.3 Å². The van der Waals surface area contributed by atoms with E-state index in [1.165, 1.54) is 0 Å². The summed E-state index contributed by atoms with van der Waals surface area (Å²) >= 11 is 0. The van der Waals surface area contributed by atoms with Gasteiger partial charge in [-0.15, -0.1) is 0 Å². The van der Waals surface area contributed by atoms with Crippen LogP contribution in [0.25, 0.3) is 28.5 Å². The van der Waals surface area contributed by atoms with E-state index in [4.69, 9.17) is 14.0 Å². The zero-order valence-corrected chi connectivity index (χ0v) is 17.5. The molecule has 1 N–H and O–H groups in total. The number of methoxy groups -OCH3 is 1.